The molecule has 4 aromatic rings. The summed E-state index contributed by atoms with van der Waals surface area (Å²) in [6.45, 7) is 4.00. The van der Waals surface area contributed by atoms with Gasteiger partial charge in [0.15, 0.2) is 0 Å². The minimum Gasteiger partial charge on any atom is -0.354 e. The van der Waals surface area contributed by atoms with Crippen molar-refractivity contribution in [2.24, 2.45) is 0 Å². The molecular formula is C28H27F4N5O2. The van der Waals surface area contributed by atoms with Crippen LogP contribution in [-0.2, 0) is 23.8 Å². The molecule has 0 N–H and O–H groups in total. The number of carbonyl (C=O) groups is 1. The summed E-state index contributed by atoms with van der Waals surface area (Å²) in [5.74, 6) is 0.677. The minimum absolute atomic E-state index is 0.0578. The molecule has 1 amide bonds. The first-order valence-electron chi connectivity index (χ1n) is 12.8. The van der Waals surface area contributed by atoms with E-state index < -0.39 is 11.7 Å². The number of aromatic nitrogens is 3. The van der Waals surface area contributed by atoms with Crippen LogP contribution in [0.15, 0.2) is 53.1 Å². The molecule has 2 aromatic carbocycles. The highest BCUT2D eigenvalue weighted by Crippen LogP contribution is 2.37. The summed E-state index contributed by atoms with van der Waals surface area (Å²) in [6, 6.07) is 10.8. The average Bonchev–Trinajstić information content (AvgIpc) is 3.18. The van der Waals surface area contributed by atoms with E-state index in [0.717, 1.165) is 24.1 Å². The van der Waals surface area contributed by atoms with Gasteiger partial charge in [-0.1, -0.05) is 36.3 Å². The summed E-state index contributed by atoms with van der Waals surface area (Å²) in [5.41, 5.74) is 0.653. The van der Waals surface area contributed by atoms with Crippen molar-refractivity contribution in [2.45, 2.75) is 38.8 Å². The third kappa shape index (κ3) is 5.86. The fourth-order valence-corrected chi connectivity index (χ4v) is 4.75. The summed E-state index contributed by atoms with van der Waals surface area (Å²) in [6.07, 6.45) is -2.28. The second kappa shape index (κ2) is 11.0. The third-order valence-corrected chi connectivity index (χ3v) is 6.72. The summed E-state index contributed by atoms with van der Waals surface area (Å²) in [4.78, 5) is 26.0. The third-order valence-electron chi connectivity index (χ3n) is 6.72. The Morgan fingerprint density at radius 2 is 1.82 bits per heavy atom. The van der Waals surface area contributed by atoms with Crippen molar-refractivity contribution in [3.8, 4) is 11.3 Å². The summed E-state index contributed by atoms with van der Waals surface area (Å²) >= 11 is 0. The number of carbonyl (C=O) groups excluding carboxylic acids is 1. The number of hydrogen-bond acceptors (Lipinski definition) is 6. The van der Waals surface area contributed by atoms with E-state index in [1.807, 2.05) is 11.8 Å². The van der Waals surface area contributed by atoms with Crippen LogP contribution in [0, 0.1) is 5.82 Å². The zero-order chi connectivity index (χ0) is 27.6. The van der Waals surface area contributed by atoms with Crippen LogP contribution in [-0.4, -0.2) is 52.1 Å². The van der Waals surface area contributed by atoms with Gasteiger partial charge >= 0.3 is 6.18 Å². The Kier molecular flexibility index (Phi) is 7.49. The number of rotatable bonds is 6. The largest absolute Gasteiger partial charge is 0.416 e. The number of benzene rings is 2. The lowest BCUT2D eigenvalue weighted by atomic mass is 10.1. The van der Waals surface area contributed by atoms with Crippen LogP contribution in [0.25, 0.3) is 22.4 Å². The summed E-state index contributed by atoms with van der Waals surface area (Å²) in [7, 11) is 0. The molecule has 5 rings (SSSR count). The Balaban J connectivity index is 1.45. The lowest BCUT2D eigenvalue weighted by Gasteiger charge is -2.24. The van der Waals surface area contributed by atoms with Crippen molar-refractivity contribution in [3.63, 3.8) is 0 Å². The van der Waals surface area contributed by atoms with Gasteiger partial charge in [-0.3, -0.25) is 4.79 Å². The quantitative estimate of drug-likeness (QED) is 0.293. The van der Waals surface area contributed by atoms with Crippen molar-refractivity contribution in [3.05, 3.63) is 71.3 Å². The van der Waals surface area contributed by atoms with Crippen LogP contribution in [0.5, 0.6) is 0 Å². The Morgan fingerprint density at radius 3 is 2.56 bits per heavy atom. The Labute approximate surface area is 222 Å². The molecule has 0 spiro atoms. The maximum Gasteiger partial charge on any atom is 0.416 e. The van der Waals surface area contributed by atoms with Crippen molar-refractivity contribution < 1.29 is 26.9 Å². The Bertz CT molecular complexity index is 1470. The molecule has 0 unspecified atom stereocenters. The number of hydrogen-bond donors (Lipinski definition) is 0. The molecule has 1 aliphatic rings. The molecule has 0 bridgehead atoms. The fraction of sp³-hybridized carbons (Fsp3) is 0.357. The zero-order valence-electron chi connectivity index (χ0n) is 21.3. The van der Waals surface area contributed by atoms with Crippen LogP contribution in [0.3, 0.4) is 0 Å². The van der Waals surface area contributed by atoms with Crippen molar-refractivity contribution in [2.75, 3.05) is 31.1 Å². The number of fused-ring (bicyclic) bond motifs is 1. The molecule has 0 saturated carbocycles. The highest BCUT2D eigenvalue weighted by molar-refractivity contribution is 5.98. The lowest BCUT2D eigenvalue weighted by Crippen LogP contribution is -2.36. The van der Waals surface area contributed by atoms with E-state index in [-0.39, 0.29) is 35.1 Å². The summed E-state index contributed by atoms with van der Waals surface area (Å²) < 4.78 is 59.0. The molecule has 0 radical (unpaired) electrons. The lowest BCUT2D eigenvalue weighted by molar-refractivity contribution is -0.137. The molecule has 3 heterocycles. The average molecular weight is 542 g/mol. The van der Waals surface area contributed by atoms with Gasteiger partial charge in [-0.05, 0) is 42.7 Å². The molecular weight excluding hydrogens is 514 g/mol. The second-order valence-corrected chi connectivity index (χ2v) is 9.53. The van der Waals surface area contributed by atoms with Gasteiger partial charge in [-0.2, -0.15) is 18.2 Å². The molecule has 0 atom stereocenters. The predicted octanol–water partition coefficient (Wildman–Crippen LogP) is 5.68. The van der Waals surface area contributed by atoms with E-state index in [2.05, 4.69) is 10.1 Å². The molecule has 0 aliphatic carbocycles. The van der Waals surface area contributed by atoms with Crippen molar-refractivity contribution in [1.29, 1.82) is 0 Å². The fourth-order valence-electron chi connectivity index (χ4n) is 4.75. The van der Waals surface area contributed by atoms with Gasteiger partial charge in [0.05, 0.1) is 12.0 Å². The molecule has 2 aromatic heterocycles. The highest BCUT2D eigenvalue weighted by atomic mass is 19.4. The standard InChI is InChI=1S/C28H27F4N5O2/c1-2-5-22-33-26(24-25(35-39-27(24)34-22)19-6-3-7-20(17-19)28(30,31)32)37-13-4-12-36(14-15-37)23(38)16-18-8-10-21(29)11-9-18/h3,6-11,17H,2,4-5,12-16H2,1H3. The second-order valence-electron chi connectivity index (χ2n) is 9.53. The van der Waals surface area contributed by atoms with Gasteiger partial charge in [0.25, 0.3) is 5.71 Å². The maximum absolute atomic E-state index is 13.4. The van der Waals surface area contributed by atoms with E-state index >= 15 is 0 Å². The Morgan fingerprint density at radius 1 is 1.03 bits per heavy atom. The van der Waals surface area contributed by atoms with E-state index in [9.17, 15) is 22.4 Å². The first kappa shape index (κ1) is 26.6. The van der Waals surface area contributed by atoms with E-state index in [4.69, 9.17) is 9.51 Å². The van der Waals surface area contributed by atoms with Gasteiger partial charge in [0.1, 0.15) is 28.5 Å². The van der Waals surface area contributed by atoms with Gasteiger partial charge < -0.3 is 14.3 Å². The van der Waals surface area contributed by atoms with Gasteiger partial charge in [-0.25, -0.2) is 9.37 Å². The number of anilines is 1. The summed E-state index contributed by atoms with van der Waals surface area (Å²) in [5, 5.41) is 4.55. The highest BCUT2D eigenvalue weighted by Gasteiger charge is 2.32. The van der Waals surface area contributed by atoms with Crippen LogP contribution in [0.2, 0.25) is 0 Å². The van der Waals surface area contributed by atoms with Crippen molar-refractivity contribution in [1.82, 2.24) is 20.0 Å². The number of aryl methyl sites for hydroxylation is 1. The number of alkyl halides is 3. The van der Waals surface area contributed by atoms with Gasteiger partial charge in [0, 0.05) is 38.2 Å². The molecule has 39 heavy (non-hydrogen) atoms. The molecule has 1 fully saturated rings. The first-order chi connectivity index (χ1) is 18.7. The van der Waals surface area contributed by atoms with Crippen LogP contribution < -0.4 is 4.90 Å². The van der Waals surface area contributed by atoms with E-state index in [1.54, 1.807) is 23.1 Å². The van der Waals surface area contributed by atoms with Crippen molar-refractivity contribution >= 4 is 22.8 Å². The molecule has 11 heteroatoms. The molecule has 1 saturated heterocycles. The number of amides is 1. The first-order valence-corrected chi connectivity index (χ1v) is 12.8. The van der Waals surface area contributed by atoms with E-state index in [1.165, 1.54) is 18.2 Å². The molecule has 204 valence electrons. The minimum atomic E-state index is -4.50. The topological polar surface area (TPSA) is 75.4 Å². The monoisotopic (exact) mass is 541 g/mol. The van der Waals surface area contributed by atoms with Crippen LogP contribution >= 0.6 is 0 Å². The van der Waals surface area contributed by atoms with E-state index in [0.29, 0.717) is 56.0 Å². The van der Waals surface area contributed by atoms with Crippen LogP contribution in [0.4, 0.5) is 23.4 Å². The zero-order valence-corrected chi connectivity index (χ0v) is 21.3. The van der Waals surface area contributed by atoms with Gasteiger partial charge in [0.2, 0.25) is 5.91 Å². The smallest absolute Gasteiger partial charge is 0.354 e. The SMILES string of the molecule is CCCc1nc(N2CCCN(C(=O)Cc3ccc(F)cc3)CC2)c2c(-c3cccc(C(F)(F)F)c3)noc2n1. The molecule has 1 aliphatic heterocycles. The normalized spacial score (nSPS) is 14.6. The number of nitrogens with zero attached hydrogens (tertiary/aromatic N) is 5. The number of halogens is 4. The van der Waals surface area contributed by atoms with Gasteiger partial charge in [-0.15, -0.1) is 0 Å². The Hall–Kier alpha value is -4.02. The maximum atomic E-state index is 13.4. The predicted molar refractivity (Wildman–Crippen MR) is 138 cm³/mol. The van der Waals surface area contributed by atoms with Crippen LogP contribution in [0.1, 0.15) is 36.7 Å². The molecule has 7 nitrogen and oxygen atoms in total.